The van der Waals surface area contributed by atoms with Gasteiger partial charge in [0.2, 0.25) is 5.56 Å². The first kappa shape index (κ1) is 26.8. The van der Waals surface area contributed by atoms with Crippen molar-refractivity contribution < 1.29 is 22.4 Å². The maximum Gasteiger partial charge on any atom is 0.417 e. The molecule has 4 aromatic rings. The Morgan fingerprint density at radius 3 is 2.54 bits per heavy atom. The van der Waals surface area contributed by atoms with E-state index in [4.69, 9.17) is 0 Å². The summed E-state index contributed by atoms with van der Waals surface area (Å²) in [5, 5.41) is 2.58. The largest absolute Gasteiger partial charge is 0.417 e. The molecule has 2 atom stereocenters. The van der Waals surface area contributed by atoms with E-state index in [0.29, 0.717) is 35.9 Å². The topological polar surface area (TPSA) is 81.3 Å². The average molecular weight is 560 g/mol. The summed E-state index contributed by atoms with van der Waals surface area (Å²) in [5.41, 5.74) is 0.264. The van der Waals surface area contributed by atoms with Crippen molar-refractivity contribution in [1.82, 2.24) is 14.9 Å². The summed E-state index contributed by atoms with van der Waals surface area (Å²) in [7, 11) is 1.99. The number of pyridine rings is 1. The van der Waals surface area contributed by atoms with E-state index >= 15 is 4.39 Å². The number of carbonyl (C=O) groups excluding carboxylic acids is 1. The molecule has 2 aromatic heterocycles. The van der Waals surface area contributed by atoms with E-state index in [1.165, 1.54) is 23.5 Å². The molecule has 2 N–H and O–H groups in total. The molecule has 39 heavy (non-hydrogen) atoms. The highest BCUT2D eigenvalue weighted by atomic mass is 32.1. The summed E-state index contributed by atoms with van der Waals surface area (Å²) in [5.74, 6) is -1.64. The molecule has 1 aliphatic rings. The molecule has 1 fully saturated rings. The molecule has 3 heterocycles. The van der Waals surface area contributed by atoms with Gasteiger partial charge in [0.25, 0.3) is 5.91 Å². The lowest BCUT2D eigenvalue weighted by molar-refractivity contribution is -0.138. The fraction of sp³-hybridized carbons (Fsp3) is 0.296. The van der Waals surface area contributed by atoms with Crippen molar-refractivity contribution in [2.45, 2.75) is 32.1 Å². The average Bonchev–Trinajstić information content (AvgIpc) is 3.36. The molecule has 1 amide bonds. The Labute approximate surface area is 225 Å². The first-order valence-electron chi connectivity index (χ1n) is 12.2. The first-order valence-corrected chi connectivity index (χ1v) is 13.1. The van der Waals surface area contributed by atoms with Crippen LogP contribution in [-0.4, -0.2) is 53.0 Å². The Kier molecular flexibility index (Phi) is 6.93. The van der Waals surface area contributed by atoms with Crippen LogP contribution in [0.4, 0.5) is 28.9 Å². The number of thiazole rings is 1. The van der Waals surface area contributed by atoms with Crippen molar-refractivity contribution in [3.8, 4) is 11.1 Å². The molecule has 0 unspecified atom stereocenters. The Balaban J connectivity index is 1.64. The van der Waals surface area contributed by atoms with Gasteiger partial charge in [-0.15, -0.1) is 11.3 Å². The maximum absolute atomic E-state index is 15.7. The van der Waals surface area contributed by atoms with Crippen LogP contribution in [0.2, 0.25) is 0 Å². The monoisotopic (exact) mass is 559 g/mol. The SMILES string of the molecule is C[C@@H]1CN(c2cc(F)c(-c3cccc4scnc34)cc2NC(=O)c2c[nH]c(=O)cc2C(F)(F)F)C[C@H](C)N1C. The highest BCUT2D eigenvalue weighted by Crippen LogP contribution is 2.39. The Morgan fingerprint density at radius 1 is 1.13 bits per heavy atom. The molecule has 5 rings (SSSR count). The van der Waals surface area contributed by atoms with Gasteiger partial charge in [-0.2, -0.15) is 13.2 Å². The molecule has 0 spiro atoms. The normalized spacial score (nSPS) is 18.5. The van der Waals surface area contributed by atoms with E-state index < -0.39 is 34.6 Å². The van der Waals surface area contributed by atoms with Crippen LogP contribution in [0, 0.1) is 5.82 Å². The van der Waals surface area contributed by atoms with Crippen LogP contribution in [0.3, 0.4) is 0 Å². The van der Waals surface area contributed by atoms with Gasteiger partial charge in [0, 0.05) is 48.6 Å². The number of nitrogens with zero attached hydrogens (tertiary/aromatic N) is 3. The second-order valence-corrected chi connectivity index (χ2v) is 10.6. The number of hydrogen-bond donors (Lipinski definition) is 2. The quantitative estimate of drug-likeness (QED) is 0.319. The summed E-state index contributed by atoms with van der Waals surface area (Å²) < 4.78 is 57.6. The molecular formula is C27H25F4N5O2S. The van der Waals surface area contributed by atoms with Gasteiger partial charge >= 0.3 is 6.18 Å². The predicted molar refractivity (Wildman–Crippen MR) is 144 cm³/mol. The Morgan fingerprint density at radius 2 is 1.85 bits per heavy atom. The predicted octanol–water partition coefficient (Wildman–Crippen LogP) is 5.59. The molecule has 0 aliphatic carbocycles. The number of aromatic amines is 1. The number of benzene rings is 2. The van der Waals surface area contributed by atoms with E-state index in [1.807, 2.05) is 31.9 Å². The van der Waals surface area contributed by atoms with Crippen molar-refractivity contribution in [1.29, 1.82) is 0 Å². The molecule has 204 valence electrons. The number of fused-ring (bicyclic) bond motifs is 1. The first-order chi connectivity index (χ1) is 18.4. The Hall–Kier alpha value is -3.77. The van der Waals surface area contributed by atoms with Crippen molar-refractivity contribution in [3.63, 3.8) is 0 Å². The van der Waals surface area contributed by atoms with Crippen LogP contribution >= 0.6 is 11.3 Å². The number of rotatable bonds is 4. The van der Waals surface area contributed by atoms with Gasteiger partial charge in [-0.1, -0.05) is 12.1 Å². The van der Waals surface area contributed by atoms with E-state index in [-0.39, 0.29) is 23.3 Å². The van der Waals surface area contributed by atoms with Crippen LogP contribution in [0.1, 0.15) is 29.8 Å². The fourth-order valence-corrected chi connectivity index (χ4v) is 5.62. The van der Waals surface area contributed by atoms with Crippen molar-refractivity contribution in [2.75, 3.05) is 30.4 Å². The number of likely N-dealkylation sites (N-methyl/N-ethyl adjacent to an activating group) is 1. The minimum Gasteiger partial charge on any atom is -0.367 e. The third-order valence-electron chi connectivity index (χ3n) is 7.16. The van der Waals surface area contributed by atoms with Crippen molar-refractivity contribution >= 4 is 38.8 Å². The van der Waals surface area contributed by atoms with E-state index in [2.05, 4.69) is 20.2 Å². The number of para-hydroxylation sites is 1. The third kappa shape index (κ3) is 5.13. The molecule has 12 heteroatoms. The molecular weight excluding hydrogens is 534 g/mol. The zero-order valence-electron chi connectivity index (χ0n) is 21.3. The van der Waals surface area contributed by atoms with Gasteiger partial charge in [-0.05, 0) is 39.1 Å². The van der Waals surface area contributed by atoms with Gasteiger partial charge < -0.3 is 15.2 Å². The molecule has 0 bridgehead atoms. The van der Waals surface area contributed by atoms with Crippen molar-refractivity contribution in [2.24, 2.45) is 0 Å². The molecule has 2 aromatic carbocycles. The van der Waals surface area contributed by atoms with E-state index in [1.54, 1.807) is 17.6 Å². The second-order valence-electron chi connectivity index (χ2n) is 9.70. The smallest absolute Gasteiger partial charge is 0.367 e. The van der Waals surface area contributed by atoms with Gasteiger partial charge in [0.1, 0.15) is 5.82 Å². The molecule has 1 saturated heterocycles. The lowest BCUT2D eigenvalue weighted by Crippen LogP contribution is -2.55. The number of halogens is 4. The number of aromatic nitrogens is 2. The minimum atomic E-state index is -4.93. The summed E-state index contributed by atoms with van der Waals surface area (Å²) >= 11 is 1.39. The van der Waals surface area contributed by atoms with Gasteiger partial charge in [-0.25, -0.2) is 9.37 Å². The molecule has 1 aliphatic heterocycles. The third-order valence-corrected chi connectivity index (χ3v) is 7.95. The van der Waals surface area contributed by atoms with Crippen LogP contribution in [-0.2, 0) is 6.18 Å². The van der Waals surface area contributed by atoms with E-state index in [0.717, 1.165) is 10.9 Å². The number of carbonyl (C=O) groups is 1. The lowest BCUT2D eigenvalue weighted by Gasteiger charge is -2.44. The number of amides is 1. The summed E-state index contributed by atoms with van der Waals surface area (Å²) in [4.78, 5) is 35.4. The minimum absolute atomic E-state index is 0.0971. The molecule has 0 saturated carbocycles. The molecule has 7 nitrogen and oxygen atoms in total. The van der Waals surface area contributed by atoms with E-state index in [9.17, 15) is 22.8 Å². The van der Waals surface area contributed by atoms with Gasteiger partial charge in [-0.3, -0.25) is 14.5 Å². The highest BCUT2D eigenvalue weighted by molar-refractivity contribution is 7.16. The molecule has 0 radical (unpaired) electrons. The lowest BCUT2D eigenvalue weighted by atomic mass is 10.0. The van der Waals surface area contributed by atoms with Gasteiger partial charge in [0.05, 0.1) is 38.2 Å². The Bertz CT molecular complexity index is 1600. The van der Waals surface area contributed by atoms with Crippen LogP contribution in [0.15, 0.2) is 52.9 Å². The highest BCUT2D eigenvalue weighted by Gasteiger charge is 2.36. The second kappa shape index (κ2) is 10.1. The number of H-pyrrole nitrogens is 1. The van der Waals surface area contributed by atoms with Gasteiger partial charge in [0.15, 0.2) is 0 Å². The summed E-state index contributed by atoms with van der Waals surface area (Å²) in [6.45, 7) is 5.06. The maximum atomic E-state index is 15.7. The standard InChI is InChI=1S/C27H25F4N5O2S/c1-14-11-36(12-15(2)35(14)3)22-9-20(28)17(16-5-4-6-23-25(16)33-13-39-23)7-21(22)34-26(38)18-10-32-24(37)8-19(18)27(29,30)31/h4-10,13-15H,11-12H2,1-3H3,(H,32,37)(H,34,38)/t14-,15+. The number of alkyl halides is 3. The summed E-state index contributed by atoms with van der Waals surface area (Å²) in [6.07, 6.45) is -4.19. The summed E-state index contributed by atoms with van der Waals surface area (Å²) in [6, 6.07) is 8.60. The van der Waals surface area contributed by atoms with Crippen LogP contribution < -0.4 is 15.8 Å². The van der Waals surface area contributed by atoms with Crippen molar-refractivity contribution in [3.05, 3.63) is 75.4 Å². The number of nitrogens with one attached hydrogen (secondary N) is 2. The number of anilines is 2. The van der Waals surface area contributed by atoms with Crippen LogP contribution in [0.25, 0.3) is 21.3 Å². The number of hydrogen-bond acceptors (Lipinski definition) is 6. The zero-order valence-corrected chi connectivity index (χ0v) is 22.1. The fourth-order valence-electron chi connectivity index (χ4n) is 4.92. The van der Waals surface area contributed by atoms with Crippen LogP contribution in [0.5, 0.6) is 0 Å². The number of piperazine rings is 1. The zero-order chi connectivity index (χ0) is 28.1.